The molecule has 6 heteroatoms. The molecule has 0 spiro atoms. The maximum absolute atomic E-state index is 12.3. The molecular weight excluding hydrogens is 330 g/mol. The molecule has 1 aliphatic heterocycles. The van der Waals surface area contributed by atoms with Crippen LogP contribution in [0.2, 0.25) is 0 Å². The van der Waals surface area contributed by atoms with Crippen molar-refractivity contribution >= 4 is 5.91 Å². The molecule has 0 radical (unpaired) electrons. The van der Waals surface area contributed by atoms with Crippen molar-refractivity contribution in [1.82, 2.24) is 15.2 Å². The molecule has 2 aromatic rings. The third kappa shape index (κ3) is 3.96. The average Bonchev–Trinajstić information content (AvgIpc) is 2.68. The third-order valence-electron chi connectivity index (χ3n) is 4.85. The lowest BCUT2D eigenvalue weighted by molar-refractivity contribution is -0.123. The van der Waals surface area contributed by atoms with E-state index in [1.54, 1.807) is 20.4 Å². The summed E-state index contributed by atoms with van der Waals surface area (Å²) >= 11 is 0. The Kier molecular flexibility index (Phi) is 5.73. The second kappa shape index (κ2) is 8.19. The molecule has 2 heterocycles. The molecular formula is C20H25N3O3. The highest BCUT2D eigenvalue weighted by Gasteiger charge is 2.27. The molecule has 0 bridgehead atoms. The Morgan fingerprint density at radius 2 is 2.04 bits per heavy atom. The zero-order valence-corrected chi connectivity index (χ0v) is 15.5. The minimum Gasteiger partial charge on any atom is -0.493 e. The fourth-order valence-electron chi connectivity index (χ4n) is 3.34. The van der Waals surface area contributed by atoms with Crippen LogP contribution in [-0.2, 0) is 17.8 Å². The van der Waals surface area contributed by atoms with Gasteiger partial charge in [-0.05, 0) is 48.7 Å². The van der Waals surface area contributed by atoms with Gasteiger partial charge in [-0.15, -0.1) is 0 Å². The predicted molar refractivity (Wildman–Crippen MR) is 99.3 cm³/mol. The van der Waals surface area contributed by atoms with Crippen LogP contribution in [0, 0.1) is 0 Å². The number of fused-ring (bicyclic) bond motifs is 1. The van der Waals surface area contributed by atoms with Crippen LogP contribution in [0.3, 0.4) is 0 Å². The van der Waals surface area contributed by atoms with Crippen LogP contribution in [0.1, 0.15) is 29.8 Å². The molecule has 0 saturated carbocycles. The second-order valence-corrected chi connectivity index (χ2v) is 6.40. The number of amides is 1. The summed E-state index contributed by atoms with van der Waals surface area (Å²) in [6, 6.07) is 9.89. The summed E-state index contributed by atoms with van der Waals surface area (Å²) in [5.41, 5.74) is 3.29. The quantitative estimate of drug-likeness (QED) is 0.862. The Balaban J connectivity index is 1.65. The van der Waals surface area contributed by atoms with Gasteiger partial charge in [-0.25, -0.2) is 0 Å². The van der Waals surface area contributed by atoms with Crippen molar-refractivity contribution < 1.29 is 14.3 Å². The van der Waals surface area contributed by atoms with Gasteiger partial charge in [0.25, 0.3) is 0 Å². The number of hydrogen-bond donors (Lipinski definition) is 1. The van der Waals surface area contributed by atoms with Crippen molar-refractivity contribution in [2.45, 2.75) is 25.9 Å². The predicted octanol–water partition coefficient (Wildman–Crippen LogP) is 2.33. The van der Waals surface area contributed by atoms with E-state index in [9.17, 15) is 4.79 Å². The van der Waals surface area contributed by atoms with Gasteiger partial charge in [-0.1, -0.05) is 6.07 Å². The first kappa shape index (κ1) is 18.2. The van der Waals surface area contributed by atoms with Crippen LogP contribution in [-0.4, -0.2) is 43.1 Å². The number of methoxy groups -OCH3 is 2. The first-order chi connectivity index (χ1) is 12.6. The normalized spacial score (nSPS) is 16.7. The molecule has 1 amide bonds. The van der Waals surface area contributed by atoms with Gasteiger partial charge in [0.05, 0.1) is 33.0 Å². The van der Waals surface area contributed by atoms with Gasteiger partial charge in [0.15, 0.2) is 11.5 Å². The molecule has 0 aliphatic carbocycles. The van der Waals surface area contributed by atoms with E-state index in [0.717, 1.165) is 30.2 Å². The highest BCUT2D eigenvalue weighted by atomic mass is 16.5. The Morgan fingerprint density at radius 3 is 2.73 bits per heavy atom. The van der Waals surface area contributed by atoms with Crippen molar-refractivity contribution in [3.8, 4) is 11.5 Å². The van der Waals surface area contributed by atoms with E-state index in [0.29, 0.717) is 13.1 Å². The summed E-state index contributed by atoms with van der Waals surface area (Å²) in [5, 5.41) is 2.94. The fourth-order valence-corrected chi connectivity index (χ4v) is 3.34. The number of rotatable bonds is 6. The summed E-state index contributed by atoms with van der Waals surface area (Å²) in [6.45, 7) is 3.77. The number of carbonyl (C=O) groups excluding carboxylic acids is 1. The Morgan fingerprint density at radius 1 is 1.27 bits per heavy atom. The molecule has 138 valence electrons. The lowest BCUT2D eigenvalue weighted by atomic mass is 9.93. The monoisotopic (exact) mass is 355 g/mol. The maximum Gasteiger partial charge on any atom is 0.234 e. The molecule has 1 atom stereocenters. The summed E-state index contributed by atoms with van der Waals surface area (Å²) in [6.07, 6.45) is 2.61. The fraction of sp³-hybridized carbons (Fsp3) is 0.400. The largest absolute Gasteiger partial charge is 0.493 e. The number of benzene rings is 1. The summed E-state index contributed by atoms with van der Waals surface area (Å²) in [7, 11) is 3.29. The van der Waals surface area contributed by atoms with Gasteiger partial charge in [0.2, 0.25) is 5.91 Å². The van der Waals surface area contributed by atoms with E-state index in [2.05, 4.69) is 22.1 Å². The van der Waals surface area contributed by atoms with Crippen molar-refractivity contribution in [2.75, 3.05) is 27.3 Å². The standard InChI is InChI=1S/C20H25N3O3/c1-14-17-11-19(26-3)18(25-2)10-15(17)7-9-23(14)13-20(24)22-12-16-6-4-5-8-21-16/h4-6,8,10-11,14H,7,9,12-13H2,1-3H3,(H,22,24). The van der Waals surface area contributed by atoms with Crippen LogP contribution >= 0.6 is 0 Å². The lowest BCUT2D eigenvalue weighted by Crippen LogP contribution is -2.41. The molecule has 1 N–H and O–H groups in total. The number of nitrogens with one attached hydrogen (secondary N) is 1. The minimum atomic E-state index is 0.00595. The molecule has 1 unspecified atom stereocenters. The Bertz CT molecular complexity index is 764. The average molecular weight is 355 g/mol. The van der Waals surface area contributed by atoms with E-state index >= 15 is 0 Å². The summed E-state index contributed by atoms with van der Waals surface area (Å²) < 4.78 is 10.8. The number of aromatic nitrogens is 1. The third-order valence-corrected chi connectivity index (χ3v) is 4.85. The van der Waals surface area contributed by atoms with Crippen LogP contribution in [0.15, 0.2) is 36.5 Å². The zero-order chi connectivity index (χ0) is 18.5. The van der Waals surface area contributed by atoms with E-state index < -0.39 is 0 Å². The molecule has 26 heavy (non-hydrogen) atoms. The number of nitrogens with zero attached hydrogens (tertiary/aromatic N) is 2. The van der Waals surface area contributed by atoms with Gasteiger partial charge in [-0.3, -0.25) is 14.7 Å². The minimum absolute atomic E-state index is 0.00595. The SMILES string of the molecule is COc1cc2c(cc1OC)C(C)N(CC(=O)NCc1ccccn1)CC2. The van der Waals surface area contributed by atoms with Crippen LogP contribution < -0.4 is 14.8 Å². The summed E-state index contributed by atoms with van der Waals surface area (Å²) in [4.78, 5) is 18.7. The van der Waals surface area contributed by atoms with Crippen molar-refractivity contribution in [2.24, 2.45) is 0 Å². The van der Waals surface area contributed by atoms with Gasteiger partial charge in [0, 0.05) is 18.8 Å². The van der Waals surface area contributed by atoms with Crippen molar-refractivity contribution in [3.05, 3.63) is 53.3 Å². The van der Waals surface area contributed by atoms with Crippen LogP contribution in [0.4, 0.5) is 0 Å². The van der Waals surface area contributed by atoms with Crippen molar-refractivity contribution in [3.63, 3.8) is 0 Å². The van der Waals surface area contributed by atoms with E-state index in [1.165, 1.54) is 11.1 Å². The topological polar surface area (TPSA) is 63.7 Å². The molecule has 0 saturated heterocycles. The molecule has 1 aromatic carbocycles. The highest BCUT2D eigenvalue weighted by Crippen LogP contribution is 2.37. The van der Waals surface area contributed by atoms with Crippen LogP contribution in [0.25, 0.3) is 0 Å². The van der Waals surface area contributed by atoms with Crippen LogP contribution in [0.5, 0.6) is 11.5 Å². The van der Waals surface area contributed by atoms with Gasteiger partial charge in [-0.2, -0.15) is 0 Å². The number of carbonyl (C=O) groups is 1. The molecule has 0 fully saturated rings. The van der Waals surface area contributed by atoms with E-state index in [1.807, 2.05) is 30.3 Å². The van der Waals surface area contributed by atoms with Gasteiger partial charge < -0.3 is 14.8 Å². The Labute approximate surface area is 154 Å². The second-order valence-electron chi connectivity index (χ2n) is 6.40. The van der Waals surface area contributed by atoms with Gasteiger partial charge >= 0.3 is 0 Å². The first-order valence-electron chi connectivity index (χ1n) is 8.77. The number of ether oxygens (including phenoxy) is 2. The summed E-state index contributed by atoms with van der Waals surface area (Å²) in [5.74, 6) is 1.48. The number of hydrogen-bond acceptors (Lipinski definition) is 5. The highest BCUT2D eigenvalue weighted by molar-refractivity contribution is 5.78. The molecule has 1 aromatic heterocycles. The molecule has 6 nitrogen and oxygen atoms in total. The maximum atomic E-state index is 12.3. The van der Waals surface area contributed by atoms with E-state index in [4.69, 9.17) is 9.47 Å². The Hall–Kier alpha value is -2.60. The van der Waals surface area contributed by atoms with Crippen molar-refractivity contribution in [1.29, 1.82) is 0 Å². The zero-order valence-electron chi connectivity index (χ0n) is 15.5. The molecule has 1 aliphatic rings. The van der Waals surface area contributed by atoms with E-state index in [-0.39, 0.29) is 11.9 Å². The van der Waals surface area contributed by atoms with Gasteiger partial charge in [0.1, 0.15) is 0 Å². The number of pyridine rings is 1. The lowest BCUT2D eigenvalue weighted by Gasteiger charge is -2.35. The first-order valence-corrected chi connectivity index (χ1v) is 8.77. The smallest absolute Gasteiger partial charge is 0.234 e. The molecule has 3 rings (SSSR count).